The number of aliphatic hydroxyl groups excluding tert-OH is 1. The molecular weight excluding hydrogens is 354 g/mol. The van der Waals surface area contributed by atoms with E-state index in [9.17, 15) is 9.90 Å². The van der Waals surface area contributed by atoms with Gasteiger partial charge in [0.1, 0.15) is 5.65 Å². The first-order valence-corrected chi connectivity index (χ1v) is 9.05. The third kappa shape index (κ3) is 3.02. The molecule has 1 N–H and O–H groups in total. The van der Waals surface area contributed by atoms with Gasteiger partial charge in [-0.2, -0.15) is 5.10 Å². The molecule has 0 fully saturated rings. The molecule has 0 spiro atoms. The molecule has 8 heteroatoms. The summed E-state index contributed by atoms with van der Waals surface area (Å²) in [5.41, 5.74) is 4.23. The smallest absolute Gasteiger partial charge is 0.258 e. The Morgan fingerprint density at radius 2 is 2.19 bits per heavy atom. The summed E-state index contributed by atoms with van der Waals surface area (Å²) in [6, 6.07) is 5.03. The molecule has 0 radical (unpaired) electrons. The average Bonchev–Trinajstić information content (AvgIpc) is 2.99. The van der Waals surface area contributed by atoms with E-state index in [4.69, 9.17) is 11.6 Å². The minimum atomic E-state index is -0.139. The number of aliphatic hydroxyl groups is 1. The Bertz CT molecular complexity index is 1030. The van der Waals surface area contributed by atoms with E-state index in [0.29, 0.717) is 23.8 Å². The van der Waals surface area contributed by atoms with Crippen LogP contribution >= 0.6 is 11.6 Å². The van der Waals surface area contributed by atoms with E-state index in [1.54, 1.807) is 24.4 Å². The minimum absolute atomic E-state index is 0.0560. The van der Waals surface area contributed by atoms with E-state index in [2.05, 4.69) is 21.9 Å². The van der Waals surface area contributed by atoms with Crippen LogP contribution in [0.25, 0.3) is 5.65 Å². The monoisotopic (exact) mass is 373 g/mol. The van der Waals surface area contributed by atoms with Crippen LogP contribution in [0.5, 0.6) is 0 Å². The highest BCUT2D eigenvalue weighted by Crippen LogP contribution is 2.24. The summed E-state index contributed by atoms with van der Waals surface area (Å²) in [4.78, 5) is 19.2. The zero-order valence-electron chi connectivity index (χ0n) is 14.5. The lowest BCUT2D eigenvalue weighted by atomic mass is 10.0. The molecule has 0 unspecified atom stereocenters. The predicted molar refractivity (Wildman–Crippen MR) is 98.1 cm³/mol. The minimum Gasteiger partial charge on any atom is -0.390 e. The fraction of sp³-hybridized carbons (Fsp3) is 0.389. The van der Waals surface area contributed by atoms with Crippen molar-refractivity contribution in [3.8, 4) is 0 Å². The topological polar surface area (TPSA) is 75.7 Å². The zero-order chi connectivity index (χ0) is 18.3. The molecule has 0 saturated heterocycles. The Morgan fingerprint density at radius 1 is 1.35 bits per heavy atom. The number of fused-ring (bicyclic) bond motifs is 2. The Hall–Kier alpha value is -2.22. The second-order valence-corrected chi connectivity index (χ2v) is 6.90. The fourth-order valence-corrected chi connectivity index (χ4v) is 3.74. The van der Waals surface area contributed by atoms with Crippen LogP contribution in [0.15, 0.2) is 29.2 Å². The van der Waals surface area contributed by atoms with Crippen LogP contribution in [0.3, 0.4) is 0 Å². The molecule has 0 saturated carbocycles. The molecule has 0 bridgehead atoms. The molecule has 26 heavy (non-hydrogen) atoms. The quantitative estimate of drug-likeness (QED) is 0.752. The molecule has 0 atom stereocenters. The summed E-state index contributed by atoms with van der Waals surface area (Å²) >= 11 is 5.95. The average molecular weight is 374 g/mol. The van der Waals surface area contributed by atoms with Crippen molar-refractivity contribution in [2.45, 2.75) is 39.6 Å². The Morgan fingerprint density at radius 3 is 2.96 bits per heavy atom. The van der Waals surface area contributed by atoms with Crippen LogP contribution in [-0.2, 0) is 32.7 Å². The van der Waals surface area contributed by atoms with E-state index < -0.39 is 0 Å². The molecule has 3 aromatic rings. The maximum atomic E-state index is 12.3. The van der Waals surface area contributed by atoms with Crippen molar-refractivity contribution in [2.24, 2.45) is 0 Å². The van der Waals surface area contributed by atoms with Crippen molar-refractivity contribution in [1.82, 2.24) is 24.1 Å². The number of halogens is 1. The van der Waals surface area contributed by atoms with Crippen LogP contribution in [0, 0.1) is 0 Å². The van der Waals surface area contributed by atoms with Crippen molar-refractivity contribution in [3.05, 3.63) is 62.4 Å². The van der Waals surface area contributed by atoms with E-state index >= 15 is 0 Å². The van der Waals surface area contributed by atoms with Gasteiger partial charge in [-0.3, -0.25) is 18.8 Å². The summed E-state index contributed by atoms with van der Waals surface area (Å²) in [6.45, 7) is 4.95. The van der Waals surface area contributed by atoms with E-state index in [0.717, 1.165) is 36.5 Å². The molecule has 3 aromatic heterocycles. The number of aryl methyl sites for hydroxylation is 1. The lowest BCUT2D eigenvalue weighted by Crippen LogP contribution is -2.32. The SMILES string of the molecule is CCn1nc(CO)c2c1CCN(Cc1cc(=O)n3cc(Cl)ccc3n1)C2. The number of pyridine rings is 1. The van der Waals surface area contributed by atoms with Gasteiger partial charge >= 0.3 is 0 Å². The van der Waals surface area contributed by atoms with Crippen LogP contribution in [0.1, 0.15) is 29.6 Å². The highest BCUT2D eigenvalue weighted by molar-refractivity contribution is 6.30. The van der Waals surface area contributed by atoms with Gasteiger partial charge in [0.2, 0.25) is 0 Å². The molecule has 136 valence electrons. The van der Waals surface area contributed by atoms with Crippen molar-refractivity contribution in [1.29, 1.82) is 0 Å². The van der Waals surface area contributed by atoms with Gasteiger partial charge in [0.05, 0.1) is 23.0 Å². The fourth-order valence-electron chi connectivity index (χ4n) is 3.58. The molecule has 0 aliphatic carbocycles. The van der Waals surface area contributed by atoms with Gasteiger partial charge in [-0.25, -0.2) is 4.98 Å². The van der Waals surface area contributed by atoms with Crippen LogP contribution in [-0.4, -0.2) is 35.7 Å². The van der Waals surface area contributed by atoms with E-state index in [-0.39, 0.29) is 12.2 Å². The Balaban J connectivity index is 1.61. The maximum Gasteiger partial charge on any atom is 0.258 e. The Labute approximate surface area is 155 Å². The van der Waals surface area contributed by atoms with Crippen molar-refractivity contribution < 1.29 is 5.11 Å². The predicted octanol–water partition coefficient (Wildman–Crippen LogP) is 1.61. The molecular formula is C18H20ClN5O2. The molecule has 0 amide bonds. The van der Waals surface area contributed by atoms with Crippen molar-refractivity contribution in [3.63, 3.8) is 0 Å². The third-order valence-electron chi connectivity index (χ3n) is 4.81. The van der Waals surface area contributed by atoms with Gasteiger partial charge in [-0.05, 0) is 19.1 Å². The summed E-state index contributed by atoms with van der Waals surface area (Å²) in [6.07, 6.45) is 2.45. The number of hydrogen-bond acceptors (Lipinski definition) is 5. The van der Waals surface area contributed by atoms with Crippen molar-refractivity contribution in [2.75, 3.05) is 6.54 Å². The second kappa shape index (κ2) is 6.83. The first-order chi connectivity index (χ1) is 12.6. The number of hydrogen-bond donors (Lipinski definition) is 1. The maximum absolute atomic E-state index is 12.3. The number of aromatic nitrogens is 4. The lowest BCUT2D eigenvalue weighted by molar-refractivity contribution is 0.233. The summed E-state index contributed by atoms with van der Waals surface area (Å²) in [7, 11) is 0. The largest absolute Gasteiger partial charge is 0.390 e. The standard InChI is InChI=1S/C18H20ClN5O2/c1-2-24-16-5-6-22(10-14(16)15(11-25)21-24)9-13-7-18(26)23-8-12(19)3-4-17(23)20-13/h3-4,7-8,25H,2,5-6,9-11H2,1H3. The number of rotatable bonds is 4. The van der Waals surface area contributed by atoms with Crippen molar-refractivity contribution >= 4 is 17.2 Å². The van der Waals surface area contributed by atoms with Crippen LogP contribution < -0.4 is 5.56 Å². The zero-order valence-corrected chi connectivity index (χ0v) is 15.3. The molecule has 1 aliphatic rings. The Kier molecular flexibility index (Phi) is 4.52. The third-order valence-corrected chi connectivity index (χ3v) is 5.03. The first-order valence-electron chi connectivity index (χ1n) is 8.67. The van der Waals surface area contributed by atoms with Crippen LogP contribution in [0.2, 0.25) is 5.02 Å². The van der Waals surface area contributed by atoms with Gasteiger partial charge in [-0.1, -0.05) is 11.6 Å². The molecule has 4 heterocycles. The molecule has 7 nitrogen and oxygen atoms in total. The summed E-state index contributed by atoms with van der Waals surface area (Å²) in [5, 5.41) is 14.6. The summed E-state index contributed by atoms with van der Waals surface area (Å²) < 4.78 is 3.43. The molecule has 1 aliphatic heterocycles. The highest BCUT2D eigenvalue weighted by Gasteiger charge is 2.24. The van der Waals surface area contributed by atoms with E-state index in [1.807, 2.05) is 4.68 Å². The second-order valence-electron chi connectivity index (χ2n) is 6.47. The molecule has 4 rings (SSSR count). The summed E-state index contributed by atoms with van der Waals surface area (Å²) in [5.74, 6) is 0. The van der Waals surface area contributed by atoms with Gasteiger partial charge < -0.3 is 5.11 Å². The lowest BCUT2D eigenvalue weighted by Gasteiger charge is -2.27. The van der Waals surface area contributed by atoms with Crippen LogP contribution in [0.4, 0.5) is 0 Å². The van der Waals surface area contributed by atoms with E-state index in [1.165, 1.54) is 10.1 Å². The first kappa shape index (κ1) is 17.2. The van der Waals surface area contributed by atoms with Gasteiger partial charge in [-0.15, -0.1) is 0 Å². The van der Waals surface area contributed by atoms with Gasteiger partial charge in [0, 0.05) is 56.1 Å². The normalized spacial score (nSPS) is 14.7. The molecule has 0 aromatic carbocycles. The van der Waals surface area contributed by atoms with Gasteiger partial charge in [0.25, 0.3) is 5.56 Å². The van der Waals surface area contributed by atoms with Gasteiger partial charge in [0.15, 0.2) is 0 Å². The highest BCUT2D eigenvalue weighted by atomic mass is 35.5. The number of nitrogens with zero attached hydrogens (tertiary/aromatic N) is 5.